The molecule has 0 radical (unpaired) electrons. The van der Waals surface area contributed by atoms with Crippen molar-refractivity contribution < 1.29 is 17.9 Å². The van der Waals surface area contributed by atoms with Crippen molar-refractivity contribution >= 4 is 10.8 Å². The molecule has 0 N–H and O–H groups in total. The lowest BCUT2D eigenvalue weighted by molar-refractivity contribution is -0.186. The number of fused-ring (bicyclic) bond motifs is 1. The Morgan fingerprint density at radius 1 is 0.793 bits per heavy atom. The summed E-state index contributed by atoms with van der Waals surface area (Å²) in [6, 6.07) is 13.9. The van der Waals surface area contributed by atoms with Gasteiger partial charge in [0.15, 0.2) is 11.6 Å². The molecule has 29 heavy (non-hydrogen) atoms. The Labute approximate surface area is 169 Å². The van der Waals surface area contributed by atoms with Gasteiger partial charge in [0.2, 0.25) is 0 Å². The summed E-state index contributed by atoms with van der Waals surface area (Å²) in [7, 11) is 0. The van der Waals surface area contributed by atoms with Crippen molar-refractivity contribution in [3.05, 3.63) is 102 Å². The summed E-state index contributed by atoms with van der Waals surface area (Å²) in [6.07, 6.45) is 3.05. The van der Waals surface area contributed by atoms with E-state index in [1.165, 1.54) is 24.3 Å². The fourth-order valence-corrected chi connectivity index (χ4v) is 3.13. The van der Waals surface area contributed by atoms with Crippen LogP contribution < -0.4 is 4.74 Å². The van der Waals surface area contributed by atoms with Crippen molar-refractivity contribution in [2.75, 3.05) is 0 Å². The van der Waals surface area contributed by atoms with E-state index in [4.69, 9.17) is 4.74 Å². The lowest BCUT2D eigenvalue weighted by Gasteiger charge is -2.19. The van der Waals surface area contributed by atoms with E-state index in [1.54, 1.807) is 24.3 Å². The van der Waals surface area contributed by atoms with E-state index in [1.807, 2.05) is 18.2 Å². The van der Waals surface area contributed by atoms with Crippen LogP contribution in [0, 0.1) is 5.82 Å². The topological polar surface area (TPSA) is 9.23 Å². The number of alkyl halides is 2. The molecule has 0 amide bonds. The van der Waals surface area contributed by atoms with Crippen molar-refractivity contribution in [1.82, 2.24) is 0 Å². The molecule has 0 saturated heterocycles. The zero-order valence-electron chi connectivity index (χ0n) is 16.1. The normalized spacial score (nSPS) is 11.4. The molecular formula is C25H23F3O. The second-order valence-electron chi connectivity index (χ2n) is 6.93. The number of halogens is 3. The number of hydrogen-bond donors (Lipinski definition) is 0. The van der Waals surface area contributed by atoms with Gasteiger partial charge in [-0.2, -0.15) is 8.78 Å². The summed E-state index contributed by atoms with van der Waals surface area (Å²) in [5, 5.41) is 1.28. The van der Waals surface area contributed by atoms with Gasteiger partial charge < -0.3 is 4.74 Å². The average Bonchev–Trinajstić information content (AvgIpc) is 2.71. The molecule has 4 heteroatoms. The maximum absolute atomic E-state index is 14.6. The van der Waals surface area contributed by atoms with Crippen LogP contribution in [0.25, 0.3) is 10.8 Å². The summed E-state index contributed by atoms with van der Waals surface area (Å²) in [4.78, 5) is 0. The molecule has 0 aliphatic heterocycles. The third kappa shape index (κ3) is 5.08. The summed E-state index contributed by atoms with van der Waals surface area (Å²) >= 11 is 0. The van der Waals surface area contributed by atoms with Gasteiger partial charge in [-0.05, 0) is 71.8 Å². The summed E-state index contributed by atoms with van der Waals surface area (Å²) < 4.78 is 48.5. The second-order valence-corrected chi connectivity index (χ2v) is 6.93. The van der Waals surface area contributed by atoms with E-state index in [0.717, 1.165) is 36.8 Å². The number of aryl methyl sites for hydroxylation is 2. The molecule has 3 aromatic rings. The maximum Gasteiger partial charge on any atom is 0.426 e. The first-order chi connectivity index (χ1) is 13.9. The Bertz CT molecular complexity index is 1010. The van der Waals surface area contributed by atoms with E-state index in [0.29, 0.717) is 10.8 Å². The van der Waals surface area contributed by atoms with Crippen LogP contribution >= 0.6 is 0 Å². The first-order valence-corrected chi connectivity index (χ1v) is 9.53. The van der Waals surface area contributed by atoms with Gasteiger partial charge in [-0.25, -0.2) is 4.39 Å². The fraction of sp³-hybridized carbons (Fsp3) is 0.200. The predicted molar refractivity (Wildman–Crippen MR) is 112 cm³/mol. The highest BCUT2D eigenvalue weighted by Gasteiger charge is 2.35. The lowest BCUT2D eigenvalue weighted by atomic mass is 10.0. The van der Waals surface area contributed by atoms with Gasteiger partial charge >= 0.3 is 6.11 Å². The molecule has 1 nitrogen and oxygen atoms in total. The monoisotopic (exact) mass is 396 g/mol. The Kier molecular flexibility index (Phi) is 6.42. The van der Waals surface area contributed by atoms with Crippen molar-refractivity contribution in [1.29, 1.82) is 0 Å². The van der Waals surface area contributed by atoms with Gasteiger partial charge in [-0.3, -0.25) is 0 Å². The highest BCUT2D eigenvalue weighted by Crippen LogP contribution is 2.35. The Morgan fingerprint density at radius 3 is 2.07 bits per heavy atom. The van der Waals surface area contributed by atoms with Gasteiger partial charge in [0.25, 0.3) is 0 Å². The molecular weight excluding hydrogens is 373 g/mol. The van der Waals surface area contributed by atoms with Gasteiger partial charge in [-0.1, -0.05) is 42.5 Å². The molecule has 0 bridgehead atoms. The van der Waals surface area contributed by atoms with E-state index in [2.05, 4.69) is 13.2 Å². The molecule has 0 heterocycles. The minimum Gasteiger partial charge on any atom is -0.426 e. The van der Waals surface area contributed by atoms with E-state index >= 15 is 0 Å². The SMILES string of the molecule is C=CCCc1ccc(C(F)(F)Oc2cc3ccc(CCC=C)cc3cc2F)cc1. The fourth-order valence-electron chi connectivity index (χ4n) is 3.13. The van der Waals surface area contributed by atoms with Gasteiger partial charge in [0.05, 0.1) is 5.56 Å². The zero-order chi connectivity index (χ0) is 20.9. The third-order valence-corrected chi connectivity index (χ3v) is 4.76. The zero-order valence-corrected chi connectivity index (χ0v) is 16.1. The first kappa shape index (κ1) is 20.7. The van der Waals surface area contributed by atoms with Crippen LogP contribution in [0.4, 0.5) is 13.2 Å². The van der Waals surface area contributed by atoms with Crippen LogP contribution in [0.3, 0.4) is 0 Å². The van der Waals surface area contributed by atoms with Crippen LogP contribution in [-0.2, 0) is 19.0 Å². The number of hydrogen-bond acceptors (Lipinski definition) is 1. The molecule has 0 atom stereocenters. The summed E-state index contributed by atoms with van der Waals surface area (Å²) in [5.41, 5.74) is 1.64. The lowest BCUT2D eigenvalue weighted by Crippen LogP contribution is -2.22. The van der Waals surface area contributed by atoms with E-state index in [-0.39, 0.29) is 5.56 Å². The Morgan fingerprint density at radius 2 is 1.41 bits per heavy atom. The van der Waals surface area contributed by atoms with Crippen molar-refractivity contribution in [2.24, 2.45) is 0 Å². The quantitative estimate of drug-likeness (QED) is 0.344. The molecule has 3 rings (SSSR count). The molecule has 0 saturated carbocycles. The predicted octanol–water partition coefficient (Wildman–Crippen LogP) is 7.34. The van der Waals surface area contributed by atoms with Crippen LogP contribution in [0.2, 0.25) is 0 Å². The molecule has 0 aromatic heterocycles. The molecule has 0 aliphatic rings. The van der Waals surface area contributed by atoms with Crippen LogP contribution in [0.1, 0.15) is 29.5 Å². The number of allylic oxidation sites excluding steroid dienone is 2. The highest BCUT2D eigenvalue weighted by molar-refractivity contribution is 5.84. The van der Waals surface area contributed by atoms with E-state index in [9.17, 15) is 13.2 Å². The highest BCUT2D eigenvalue weighted by atomic mass is 19.3. The van der Waals surface area contributed by atoms with Crippen LogP contribution in [-0.4, -0.2) is 0 Å². The van der Waals surface area contributed by atoms with Crippen LogP contribution in [0.15, 0.2) is 79.9 Å². The molecule has 0 fully saturated rings. The Hall–Kier alpha value is -3.01. The van der Waals surface area contributed by atoms with Crippen molar-refractivity contribution in [3.8, 4) is 5.75 Å². The molecule has 0 aliphatic carbocycles. The van der Waals surface area contributed by atoms with Gasteiger partial charge in [0.1, 0.15) is 0 Å². The maximum atomic E-state index is 14.6. The molecule has 3 aromatic carbocycles. The smallest absolute Gasteiger partial charge is 0.426 e. The standard InChI is InChI=1S/C25H23F3O/c1-3-5-7-18-10-13-22(14-11-18)25(27,28)29-24-17-20-12-9-19(8-6-4-2)15-21(20)16-23(24)26/h3-4,9-17H,1-2,5-8H2. The number of benzene rings is 3. The minimum absolute atomic E-state index is 0.320. The van der Waals surface area contributed by atoms with E-state index < -0.39 is 17.7 Å². The first-order valence-electron chi connectivity index (χ1n) is 9.53. The van der Waals surface area contributed by atoms with Crippen molar-refractivity contribution in [3.63, 3.8) is 0 Å². The minimum atomic E-state index is -3.64. The molecule has 150 valence electrons. The third-order valence-electron chi connectivity index (χ3n) is 4.76. The largest absolute Gasteiger partial charge is 0.426 e. The summed E-state index contributed by atoms with van der Waals surface area (Å²) in [5.74, 6) is -1.29. The van der Waals surface area contributed by atoms with Crippen molar-refractivity contribution in [2.45, 2.75) is 31.8 Å². The van der Waals surface area contributed by atoms with Gasteiger partial charge in [0, 0.05) is 0 Å². The van der Waals surface area contributed by atoms with Gasteiger partial charge in [-0.15, -0.1) is 13.2 Å². The number of rotatable bonds is 9. The number of ether oxygens (including phenoxy) is 1. The summed E-state index contributed by atoms with van der Waals surface area (Å²) in [6.45, 7) is 7.34. The second kappa shape index (κ2) is 8.99. The average molecular weight is 396 g/mol. The molecule has 0 unspecified atom stereocenters. The Balaban J connectivity index is 1.82. The van der Waals surface area contributed by atoms with Crippen LogP contribution in [0.5, 0.6) is 5.75 Å². The molecule has 0 spiro atoms.